The third kappa shape index (κ3) is 4.05. The van der Waals surface area contributed by atoms with Crippen molar-refractivity contribution >= 4 is 23.2 Å². The van der Waals surface area contributed by atoms with E-state index < -0.39 is 0 Å². The molecule has 2 heterocycles. The fourth-order valence-corrected chi connectivity index (χ4v) is 3.22. The summed E-state index contributed by atoms with van der Waals surface area (Å²) in [5.41, 5.74) is 1.69. The van der Waals surface area contributed by atoms with Crippen LogP contribution in [-0.2, 0) is 11.2 Å². The van der Waals surface area contributed by atoms with Crippen LogP contribution >= 0.6 is 11.6 Å². The van der Waals surface area contributed by atoms with Gasteiger partial charge in [0.25, 0.3) is 0 Å². The van der Waals surface area contributed by atoms with Crippen LogP contribution in [0, 0.1) is 6.92 Å². The number of nitrogens with zero attached hydrogens (tertiary/aromatic N) is 2. The normalized spacial score (nSPS) is 18.0. The van der Waals surface area contributed by atoms with E-state index in [1.165, 1.54) is 0 Å². The standard InChI is InChI=1S/C17H20ClN3O2/c1-12-9-14(20-23-12)10-17(22)19-13-5-4-8-21(11-13)16-7-3-2-6-15(16)18/h2-3,6-7,9,13H,4-5,8,10-11H2,1H3,(H,19,22)/t13-/m1/s1. The second kappa shape index (κ2) is 7.04. The molecular weight excluding hydrogens is 314 g/mol. The number of halogens is 1. The molecule has 122 valence electrons. The van der Waals surface area contributed by atoms with Crippen molar-refractivity contribution in [3.63, 3.8) is 0 Å². The van der Waals surface area contributed by atoms with Gasteiger partial charge < -0.3 is 14.7 Å². The number of hydrogen-bond acceptors (Lipinski definition) is 4. The molecule has 0 spiro atoms. The van der Waals surface area contributed by atoms with Crippen molar-refractivity contribution < 1.29 is 9.32 Å². The number of carbonyl (C=O) groups is 1. The number of rotatable bonds is 4. The second-order valence-corrected chi connectivity index (χ2v) is 6.32. The zero-order chi connectivity index (χ0) is 16.2. The summed E-state index contributed by atoms with van der Waals surface area (Å²) in [5, 5.41) is 7.70. The Hall–Kier alpha value is -2.01. The zero-order valence-corrected chi connectivity index (χ0v) is 13.8. The van der Waals surface area contributed by atoms with E-state index in [1.54, 1.807) is 6.07 Å². The lowest BCUT2D eigenvalue weighted by atomic mass is 10.0. The van der Waals surface area contributed by atoms with E-state index in [0.29, 0.717) is 5.69 Å². The highest BCUT2D eigenvalue weighted by molar-refractivity contribution is 6.33. The Kier molecular flexibility index (Phi) is 4.86. The molecule has 5 nitrogen and oxygen atoms in total. The molecule has 0 saturated carbocycles. The number of amides is 1. The van der Waals surface area contributed by atoms with Gasteiger partial charge in [-0.3, -0.25) is 4.79 Å². The molecule has 1 atom stereocenters. The van der Waals surface area contributed by atoms with Gasteiger partial charge in [0.1, 0.15) is 5.76 Å². The van der Waals surface area contributed by atoms with E-state index in [9.17, 15) is 4.79 Å². The van der Waals surface area contributed by atoms with Crippen LogP contribution in [0.25, 0.3) is 0 Å². The maximum Gasteiger partial charge on any atom is 0.226 e. The molecule has 1 aromatic carbocycles. The SMILES string of the molecule is Cc1cc(CC(=O)N[C@@H]2CCCN(c3ccccc3Cl)C2)no1. The first-order valence-electron chi connectivity index (χ1n) is 7.83. The highest BCUT2D eigenvalue weighted by Crippen LogP contribution is 2.27. The maximum atomic E-state index is 12.2. The lowest BCUT2D eigenvalue weighted by Gasteiger charge is -2.35. The molecule has 1 N–H and O–H groups in total. The zero-order valence-electron chi connectivity index (χ0n) is 13.1. The fourth-order valence-electron chi connectivity index (χ4n) is 2.97. The first-order valence-corrected chi connectivity index (χ1v) is 8.20. The molecule has 1 amide bonds. The number of hydrogen-bond donors (Lipinski definition) is 1. The van der Waals surface area contributed by atoms with E-state index in [0.717, 1.165) is 42.4 Å². The summed E-state index contributed by atoms with van der Waals surface area (Å²) in [6.07, 6.45) is 2.25. The molecule has 1 fully saturated rings. The Bertz CT molecular complexity index is 686. The quantitative estimate of drug-likeness (QED) is 0.934. The summed E-state index contributed by atoms with van der Waals surface area (Å²) >= 11 is 6.27. The molecule has 0 bridgehead atoms. The van der Waals surface area contributed by atoms with Gasteiger partial charge in [-0.1, -0.05) is 28.9 Å². The van der Waals surface area contributed by atoms with Gasteiger partial charge in [0, 0.05) is 25.2 Å². The minimum Gasteiger partial charge on any atom is -0.368 e. The van der Waals surface area contributed by atoms with Crippen LogP contribution in [0.4, 0.5) is 5.69 Å². The smallest absolute Gasteiger partial charge is 0.226 e. The number of nitrogens with one attached hydrogen (secondary N) is 1. The van der Waals surface area contributed by atoms with Gasteiger partial charge in [0.05, 0.1) is 22.8 Å². The van der Waals surface area contributed by atoms with Crippen molar-refractivity contribution in [1.82, 2.24) is 10.5 Å². The van der Waals surface area contributed by atoms with Crippen LogP contribution < -0.4 is 10.2 Å². The maximum absolute atomic E-state index is 12.2. The van der Waals surface area contributed by atoms with Gasteiger partial charge in [-0.15, -0.1) is 0 Å². The predicted octanol–water partition coefficient (Wildman–Crippen LogP) is 2.96. The van der Waals surface area contributed by atoms with E-state index in [4.69, 9.17) is 16.1 Å². The van der Waals surface area contributed by atoms with E-state index in [-0.39, 0.29) is 18.4 Å². The fraction of sp³-hybridized carbons (Fsp3) is 0.412. The van der Waals surface area contributed by atoms with Crippen molar-refractivity contribution in [2.45, 2.75) is 32.2 Å². The molecule has 1 aromatic heterocycles. The predicted molar refractivity (Wildman–Crippen MR) is 89.8 cm³/mol. The van der Waals surface area contributed by atoms with Crippen LogP contribution in [0.1, 0.15) is 24.3 Å². The van der Waals surface area contributed by atoms with Gasteiger partial charge in [0.2, 0.25) is 5.91 Å². The summed E-state index contributed by atoms with van der Waals surface area (Å²) in [6, 6.07) is 9.74. The molecule has 1 saturated heterocycles. The lowest BCUT2D eigenvalue weighted by Crippen LogP contribution is -2.48. The third-order valence-corrected chi connectivity index (χ3v) is 4.32. The van der Waals surface area contributed by atoms with E-state index in [2.05, 4.69) is 15.4 Å². The summed E-state index contributed by atoms with van der Waals surface area (Å²) < 4.78 is 4.99. The Labute approximate surface area is 140 Å². The number of aryl methyl sites for hydroxylation is 1. The van der Waals surface area contributed by atoms with E-state index >= 15 is 0 Å². The number of piperidine rings is 1. The first kappa shape index (κ1) is 15.9. The summed E-state index contributed by atoms with van der Waals surface area (Å²) in [4.78, 5) is 14.4. The van der Waals surface area contributed by atoms with Gasteiger partial charge in [-0.05, 0) is 31.9 Å². The molecule has 0 radical (unpaired) electrons. The first-order chi connectivity index (χ1) is 11.1. The molecule has 0 aliphatic carbocycles. The number of carbonyl (C=O) groups excluding carboxylic acids is 1. The number of anilines is 1. The number of aromatic nitrogens is 1. The van der Waals surface area contributed by atoms with Crippen LogP contribution in [0.3, 0.4) is 0 Å². The number of para-hydroxylation sites is 1. The largest absolute Gasteiger partial charge is 0.368 e. The second-order valence-electron chi connectivity index (χ2n) is 5.91. The van der Waals surface area contributed by atoms with Crippen LogP contribution in [0.15, 0.2) is 34.9 Å². The topological polar surface area (TPSA) is 58.4 Å². The van der Waals surface area contributed by atoms with Crippen molar-refractivity contribution in [3.05, 3.63) is 46.8 Å². The minimum absolute atomic E-state index is 0.0238. The molecule has 1 aliphatic heterocycles. The van der Waals surface area contributed by atoms with Crippen LogP contribution in [0.5, 0.6) is 0 Å². The lowest BCUT2D eigenvalue weighted by molar-refractivity contribution is -0.121. The van der Waals surface area contributed by atoms with Gasteiger partial charge in [0.15, 0.2) is 0 Å². The average molecular weight is 334 g/mol. The summed E-state index contributed by atoms with van der Waals surface area (Å²) in [7, 11) is 0. The molecular formula is C17H20ClN3O2. The van der Waals surface area contributed by atoms with Gasteiger partial charge >= 0.3 is 0 Å². The third-order valence-electron chi connectivity index (χ3n) is 4.00. The molecule has 1 aliphatic rings. The van der Waals surface area contributed by atoms with Crippen LogP contribution in [-0.4, -0.2) is 30.2 Å². The number of benzene rings is 1. The summed E-state index contributed by atoms with van der Waals surface area (Å²) in [5.74, 6) is 0.694. The Morgan fingerprint density at radius 1 is 1.48 bits per heavy atom. The highest BCUT2D eigenvalue weighted by Gasteiger charge is 2.23. The molecule has 23 heavy (non-hydrogen) atoms. The Balaban J connectivity index is 1.58. The van der Waals surface area contributed by atoms with Gasteiger partial charge in [-0.25, -0.2) is 0 Å². The van der Waals surface area contributed by atoms with Crippen molar-refractivity contribution in [1.29, 1.82) is 0 Å². The average Bonchev–Trinajstić information content (AvgIpc) is 2.93. The molecule has 2 aromatic rings. The van der Waals surface area contributed by atoms with E-state index in [1.807, 2.05) is 31.2 Å². The van der Waals surface area contributed by atoms with Crippen molar-refractivity contribution in [2.24, 2.45) is 0 Å². The van der Waals surface area contributed by atoms with Crippen molar-refractivity contribution in [2.75, 3.05) is 18.0 Å². The molecule has 6 heteroatoms. The molecule has 0 unspecified atom stereocenters. The Morgan fingerprint density at radius 3 is 3.04 bits per heavy atom. The summed E-state index contributed by atoms with van der Waals surface area (Å²) in [6.45, 7) is 3.54. The highest BCUT2D eigenvalue weighted by atomic mass is 35.5. The van der Waals surface area contributed by atoms with Crippen LogP contribution in [0.2, 0.25) is 5.02 Å². The molecule has 3 rings (SSSR count). The van der Waals surface area contributed by atoms with Gasteiger partial charge in [-0.2, -0.15) is 0 Å². The minimum atomic E-state index is -0.0238. The Morgan fingerprint density at radius 2 is 2.30 bits per heavy atom. The van der Waals surface area contributed by atoms with Crippen molar-refractivity contribution in [3.8, 4) is 0 Å². The monoisotopic (exact) mass is 333 g/mol.